The lowest BCUT2D eigenvalue weighted by molar-refractivity contribution is -0.184. The number of hydrogen-bond donors (Lipinski definition) is 1. The molecule has 0 aliphatic carbocycles. The Morgan fingerprint density at radius 3 is 2.48 bits per heavy atom. The third-order valence-electron chi connectivity index (χ3n) is 4.15. The molecular formula is C16H21F3N2O3S. The van der Waals surface area contributed by atoms with Gasteiger partial charge in [-0.2, -0.15) is 13.2 Å². The minimum Gasteiger partial charge on any atom is -0.338 e. The number of carbonyl (C=O) groups excluding carboxylic acids is 1. The number of rotatable bonds is 5. The summed E-state index contributed by atoms with van der Waals surface area (Å²) in [6.45, 7) is 0.263. The van der Waals surface area contributed by atoms with Crippen molar-refractivity contribution in [2.45, 2.75) is 25.4 Å². The molecule has 0 saturated carbocycles. The van der Waals surface area contributed by atoms with E-state index < -0.39 is 28.0 Å². The summed E-state index contributed by atoms with van der Waals surface area (Å²) >= 11 is 0. The zero-order chi connectivity index (χ0) is 18.7. The highest BCUT2D eigenvalue weighted by molar-refractivity contribution is 7.88. The molecule has 1 aromatic carbocycles. The predicted molar refractivity (Wildman–Crippen MR) is 87.7 cm³/mol. The third-order valence-corrected chi connectivity index (χ3v) is 4.88. The van der Waals surface area contributed by atoms with E-state index in [-0.39, 0.29) is 19.5 Å². The van der Waals surface area contributed by atoms with Crippen LogP contribution in [0.1, 0.15) is 28.8 Å². The summed E-state index contributed by atoms with van der Waals surface area (Å²) in [5.41, 5.74) is 1.17. The molecule has 1 heterocycles. The van der Waals surface area contributed by atoms with Crippen LogP contribution in [-0.2, 0) is 16.4 Å². The smallest absolute Gasteiger partial charge is 0.338 e. The van der Waals surface area contributed by atoms with Crippen molar-refractivity contribution >= 4 is 15.9 Å². The molecule has 0 aromatic heterocycles. The first-order valence-electron chi connectivity index (χ1n) is 7.96. The van der Waals surface area contributed by atoms with Crippen molar-refractivity contribution in [2.24, 2.45) is 5.92 Å². The fraction of sp³-hybridized carbons (Fsp3) is 0.562. The van der Waals surface area contributed by atoms with Crippen molar-refractivity contribution in [3.05, 3.63) is 35.4 Å². The molecule has 1 amide bonds. The Morgan fingerprint density at radius 1 is 1.28 bits per heavy atom. The second kappa shape index (κ2) is 7.74. The zero-order valence-electron chi connectivity index (χ0n) is 13.8. The molecule has 5 nitrogen and oxygen atoms in total. The van der Waals surface area contributed by atoms with Gasteiger partial charge in [-0.1, -0.05) is 12.1 Å². The average Bonchev–Trinajstić information content (AvgIpc) is 2.53. The Hall–Kier alpha value is -1.61. The van der Waals surface area contributed by atoms with Gasteiger partial charge < -0.3 is 4.90 Å². The summed E-state index contributed by atoms with van der Waals surface area (Å²) in [4.78, 5) is 13.6. The molecule has 1 N–H and O–H groups in total. The number of piperidine rings is 1. The highest BCUT2D eigenvalue weighted by Crippen LogP contribution is 2.33. The molecule has 9 heteroatoms. The van der Waals surface area contributed by atoms with Crippen molar-refractivity contribution in [3.63, 3.8) is 0 Å². The lowest BCUT2D eigenvalue weighted by atomic mass is 9.96. The highest BCUT2D eigenvalue weighted by Gasteiger charge is 2.42. The number of amides is 1. The van der Waals surface area contributed by atoms with Gasteiger partial charge in [-0.25, -0.2) is 13.1 Å². The molecule has 1 aromatic rings. The fourth-order valence-electron chi connectivity index (χ4n) is 2.81. The fourth-order valence-corrected chi connectivity index (χ4v) is 3.28. The first-order valence-corrected chi connectivity index (χ1v) is 9.85. The second-order valence-corrected chi connectivity index (χ2v) is 8.08. The molecule has 0 unspecified atom stereocenters. The van der Waals surface area contributed by atoms with Gasteiger partial charge in [0.25, 0.3) is 5.91 Å². The van der Waals surface area contributed by atoms with Gasteiger partial charge in [0.1, 0.15) is 0 Å². The SMILES string of the molecule is CS(=O)(=O)NCCc1ccc(C(=O)N2CCC[C@@H](C(F)(F)F)C2)cc1. The number of likely N-dealkylation sites (tertiary alicyclic amines) is 1. The van der Waals surface area contributed by atoms with E-state index >= 15 is 0 Å². The molecule has 0 radical (unpaired) electrons. The van der Waals surface area contributed by atoms with Crippen molar-refractivity contribution in [1.82, 2.24) is 9.62 Å². The number of alkyl halides is 3. The first-order chi connectivity index (χ1) is 11.6. The van der Waals surface area contributed by atoms with Crippen LogP contribution in [0.5, 0.6) is 0 Å². The van der Waals surface area contributed by atoms with Gasteiger partial charge in [0.05, 0.1) is 12.2 Å². The maximum absolute atomic E-state index is 12.8. The lowest BCUT2D eigenvalue weighted by Gasteiger charge is -2.33. The van der Waals surface area contributed by atoms with Crippen LogP contribution >= 0.6 is 0 Å². The third kappa shape index (κ3) is 6.00. The lowest BCUT2D eigenvalue weighted by Crippen LogP contribution is -2.44. The molecule has 1 aliphatic rings. The number of sulfonamides is 1. The largest absolute Gasteiger partial charge is 0.393 e. The maximum Gasteiger partial charge on any atom is 0.393 e. The van der Waals surface area contributed by atoms with Gasteiger partial charge in [0.15, 0.2) is 0 Å². The van der Waals surface area contributed by atoms with Gasteiger partial charge >= 0.3 is 6.18 Å². The van der Waals surface area contributed by atoms with Crippen LogP contribution in [0.2, 0.25) is 0 Å². The normalized spacial score (nSPS) is 19.0. The Labute approximate surface area is 145 Å². The molecule has 1 atom stereocenters. The van der Waals surface area contributed by atoms with Crippen molar-refractivity contribution in [1.29, 1.82) is 0 Å². The second-order valence-electron chi connectivity index (χ2n) is 6.25. The van der Waals surface area contributed by atoms with Crippen LogP contribution < -0.4 is 4.72 Å². The monoisotopic (exact) mass is 378 g/mol. The molecule has 1 saturated heterocycles. The summed E-state index contributed by atoms with van der Waals surface area (Å²) in [7, 11) is -3.25. The molecule has 0 spiro atoms. The van der Waals surface area contributed by atoms with Gasteiger partial charge in [0.2, 0.25) is 10.0 Å². The predicted octanol–water partition coefficient (Wildman–Crippen LogP) is 2.19. The van der Waals surface area contributed by atoms with E-state index in [9.17, 15) is 26.4 Å². The number of hydrogen-bond acceptors (Lipinski definition) is 3. The van der Waals surface area contributed by atoms with Gasteiger partial charge in [-0.3, -0.25) is 4.79 Å². The quantitative estimate of drug-likeness (QED) is 0.854. The molecule has 25 heavy (non-hydrogen) atoms. The van der Waals surface area contributed by atoms with Crippen molar-refractivity contribution in [3.8, 4) is 0 Å². The highest BCUT2D eigenvalue weighted by atomic mass is 32.2. The van der Waals surface area contributed by atoms with E-state index in [0.717, 1.165) is 11.8 Å². The minimum atomic E-state index is -4.28. The number of halogens is 3. The first kappa shape index (κ1) is 19.7. The summed E-state index contributed by atoms with van der Waals surface area (Å²) in [5, 5.41) is 0. The molecule has 1 fully saturated rings. The summed E-state index contributed by atoms with van der Waals surface area (Å²) in [6.07, 6.45) is -2.36. The van der Waals surface area contributed by atoms with E-state index in [2.05, 4.69) is 4.72 Å². The number of carbonyl (C=O) groups is 1. The molecule has 140 valence electrons. The summed E-state index contributed by atoms with van der Waals surface area (Å²) in [6, 6.07) is 6.50. The molecule has 1 aliphatic heterocycles. The van der Waals surface area contributed by atoms with Crippen LogP contribution in [0, 0.1) is 5.92 Å². The summed E-state index contributed by atoms with van der Waals surface area (Å²) < 4.78 is 62.9. The van der Waals surface area contributed by atoms with E-state index in [0.29, 0.717) is 24.9 Å². The van der Waals surface area contributed by atoms with Crippen LogP contribution in [0.4, 0.5) is 13.2 Å². The number of nitrogens with zero attached hydrogens (tertiary/aromatic N) is 1. The minimum absolute atomic E-state index is 0.0551. The number of benzene rings is 1. The molecular weight excluding hydrogens is 357 g/mol. The van der Waals surface area contributed by atoms with E-state index in [1.165, 1.54) is 4.90 Å². The van der Waals surface area contributed by atoms with E-state index in [4.69, 9.17) is 0 Å². The van der Waals surface area contributed by atoms with Gasteiger partial charge in [0, 0.05) is 25.2 Å². The topological polar surface area (TPSA) is 66.5 Å². The Bertz CT molecular complexity index is 702. The molecule has 2 rings (SSSR count). The van der Waals surface area contributed by atoms with Crippen LogP contribution in [0.3, 0.4) is 0 Å². The van der Waals surface area contributed by atoms with Crippen LogP contribution in [-0.4, -0.2) is 51.3 Å². The van der Waals surface area contributed by atoms with E-state index in [1.54, 1.807) is 24.3 Å². The molecule has 0 bridgehead atoms. The Kier molecular flexibility index (Phi) is 6.10. The Morgan fingerprint density at radius 2 is 1.92 bits per heavy atom. The van der Waals surface area contributed by atoms with Crippen LogP contribution in [0.15, 0.2) is 24.3 Å². The van der Waals surface area contributed by atoms with Crippen LogP contribution in [0.25, 0.3) is 0 Å². The zero-order valence-corrected chi connectivity index (χ0v) is 14.7. The standard InChI is InChI=1S/C16H21F3N2O3S/c1-25(23,24)20-9-8-12-4-6-13(7-5-12)15(22)21-10-2-3-14(11-21)16(17,18)19/h4-7,14,20H,2-3,8-11H2,1H3/t14-/m1/s1. The van der Waals surface area contributed by atoms with E-state index in [1.807, 2.05) is 0 Å². The summed E-state index contributed by atoms with van der Waals surface area (Å²) in [5.74, 6) is -1.87. The maximum atomic E-state index is 12.8. The number of nitrogens with one attached hydrogen (secondary N) is 1. The van der Waals surface area contributed by atoms with Gasteiger partial charge in [-0.15, -0.1) is 0 Å². The average molecular weight is 378 g/mol. The Balaban J connectivity index is 1.96. The van der Waals surface area contributed by atoms with Gasteiger partial charge in [-0.05, 0) is 37.0 Å². The van der Waals surface area contributed by atoms with Crippen molar-refractivity contribution < 1.29 is 26.4 Å². The van der Waals surface area contributed by atoms with Crippen molar-refractivity contribution in [2.75, 3.05) is 25.9 Å².